The van der Waals surface area contributed by atoms with Gasteiger partial charge >= 0.3 is 0 Å². The van der Waals surface area contributed by atoms with E-state index in [0.29, 0.717) is 5.56 Å². The Labute approximate surface area is 168 Å². The standard InChI is InChI=1S/C19H17BrN4S2/c1-2-3-10-22-19-24(16(13-25-19)17-8-9-18(20)26-17)23-12-15-6-4-14(11-21)5-7-15/h4-9,12-13H,2-3,10H2,1H3/b22-19?,23-12-. The first kappa shape index (κ1) is 18.8. The van der Waals surface area contributed by atoms with Crippen molar-refractivity contribution in [3.63, 3.8) is 0 Å². The Bertz CT molecular complexity index is 1000. The molecule has 2 aromatic heterocycles. The summed E-state index contributed by atoms with van der Waals surface area (Å²) in [6.07, 6.45) is 3.99. The zero-order valence-corrected chi connectivity index (χ0v) is 17.4. The predicted octanol–water partition coefficient (Wildman–Crippen LogP) is 5.50. The molecule has 0 spiro atoms. The molecule has 0 N–H and O–H groups in total. The minimum atomic E-state index is 0.643. The van der Waals surface area contributed by atoms with Crippen molar-refractivity contribution in [2.75, 3.05) is 6.54 Å². The van der Waals surface area contributed by atoms with E-state index in [1.54, 1.807) is 41.0 Å². The van der Waals surface area contributed by atoms with Crippen molar-refractivity contribution in [1.82, 2.24) is 4.68 Å². The van der Waals surface area contributed by atoms with Gasteiger partial charge in [-0.05, 0) is 52.2 Å². The lowest BCUT2D eigenvalue weighted by Gasteiger charge is -2.01. The summed E-state index contributed by atoms with van der Waals surface area (Å²) in [7, 11) is 0. The summed E-state index contributed by atoms with van der Waals surface area (Å²) in [6.45, 7) is 2.96. The Balaban J connectivity index is 1.98. The number of hydrogen-bond acceptors (Lipinski definition) is 5. The number of benzene rings is 1. The molecule has 0 aliphatic rings. The third kappa shape index (κ3) is 4.58. The summed E-state index contributed by atoms with van der Waals surface area (Å²) in [4.78, 5) is 6.74. The highest BCUT2D eigenvalue weighted by Gasteiger charge is 2.09. The molecule has 0 radical (unpaired) electrons. The lowest BCUT2D eigenvalue weighted by atomic mass is 10.2. The fraction of sp³-hybridized carbons (Fsp3) is 0.211. The molecular formula is C19H17BrN4S2. The number of hydrogen-bond donors (Lipinski definition) is 0. The number of thiophene rings is 1. The van der Waals surface area contributed by atoms with Crippen LogP contribution in [0.25, 0.3) is 10.6 Å². The molecule has 2 heterocycles. The lowest BCUT2D eigenvalue weighted by molar-refractivity contribution is 0.764. The average molecular weight is 445 g/mol. The quantitative estimate of drug-likeness (QED) is 0.365. The van der Waals surface area contributed by atoms with Crippen molar-refractivity contribution < 1.29 is 0 Å². The van der Waals surface area contributed by atoms with E-state index in [-0.39, 0.29) is 0 Å². The highest BCUT2D eigenvalue weighted by Crippen LogP contribution is 2.31. The maximum absolute atomic E-state index is 8.91. The Kier molecular flexibility index (Phi) is 6.56. The van der Waals surface area contributed by atoms with Crippen molar-refractivity contribution in [2.45, 2.75) is 19.8 Å². The van der Waals surface area contributed by atoms with Gasteiger partial charge in [0.05, 0.1) is 32.2 Å². The molecule has 0 aliphatic heterocycles. The van der Waals surface area contributed by atoms with Crippen LogP contribution in [-0.4, -0.2) is 17.4 Å². The van der Waals surface area contributed by atoms with Crippen LogP contribution in [0.1, 0.15) is 30.9 Å². The summed E-state index contributed by atoms with van der Waals surface area (Å²) in [5.41, 5.74) is 2.62. The summed E-state index contributed by atoms with van der Waals surface area (Å²) in [5.74, 6) is 0. The van der Waals surface area contributed by atoms with Crippen LogP contribution in [0.4, 0.5) is 0 Å². The van der Waals surface area contributed by atoms with Gasteiger partial charge in [0.15, 0.2) is 0 Å². The van der Waals surface area contributed by atoms with Crippen molar-refractivity contribution >= 4 is 44.8 Å². The number of rotatable bonds is 6. The van der Waals surface area contributed by atoms with Crippen LogP contribution in [0, 0.1) is 11.3 Å². The second kappa shape index (κ2) is 9.08. The Morgan fingerprint density at radius 1 is 1.23 bits per heavy atom. The summed E-state index contributed by atoms with van der Waals surface area (Å²) in [6, 6.07) is 13.6. The maximum Gasteiger partial charge on any atom is 0.206 e. The number of aromatic nitrogens is 1. The average Bonchev–Trinajstić information content (AvgIpc) is 3.26. The molecule has 0 bridgehead atoms. The van der Waals surface area contributed by atoms with Crippen LogP contribution in [0.3, 0.4) is 0 Å². The summed E-state index contributed by atoms with van der Waals surface area (Å²) in [5, 5.41) is 15.7. The minimum absolute atomic E-state index is 0.643. The van der Waals surface area contributed by atoms with Gasteiger partial charge in [-0.15, -0.1) is 22.7 Å². The van der Waals surface area contributed by atoms with E-state index < -0.39 is 0 Å². The molecule has 4 nitrogen and oxygen atoms in total. The maximum atomic E-state index is 8.91. The third-order valence-corrected chi connectivity index (χ3v) is 6.13. The molecular weight excluding hydrogens is 428 g/mol. The van der Waals surface area contributed by atoms with Crippen LogP contribution in [0.2, 0.25) is 0 Å². The normalized spacial score (nSPS) is 12.0. The van der Waals surface area contributed by atoms with Crippen LogP contribution in [0.5, 0.6) is 0 Å². The van der Waals surface area contributed by atoms with Gasteiger partial charge in [-0.25, -0.2) is 4.68 Å². The van der Waals surface area contributed by atoms with E-state index in [4.69, 9.17) is 10.3 Å². The lowest BCUT2D eigenvalue weighted by Crippen LogP contribution is -2.12. The van der Waals surface area contributed by atoms with Crippen molar-refractivity contribution in [1.29, 1.82) is 5.26 Å². The van der Waals surface area contributed by atoms with Gasteiger partial charge < -0.3 is 0 Å². The number of halogens is 1. The number of nitrogens with zero attached hydrogens (tertiary/aromatic N) is 4. The van der Waals surface area contributed by atoms with Crippen LogP contribution in [-0.2, 0) is 0 Å². The van der Waals surface area contributed by atoms with Gasteiger partial charge in [0.2, 0.25) is 4.80 Å². The largest absolute Gasteiger partial charge is 0.257 e. The van der Waals surface area contributed by atoms with Crippen molar-refractivity contribution in [3.05, 3.63) is 61.5 Å². The SMILES string of the molecule is CCCCN=c1scc(-c2ccc(Br)s2)n1/N=C\c1ccc(C#N)cc1. The zero-order valence-electron chi connectivity index (χ0n) is 14.2. The molecule has 0 atom stereocenters. The summed E-state index contributed by atoms with van der Waals surface area (Å²) < 4.78 is 2.99. The first-order chi connectivity index (χ1) is 12.7. The van der Waals surface area contributed by atoms with E-state index >= 15 is 0 Å². The van der Waals surface area contributed by atoms with Gasteiger partial charge in [0.25, 0.3) is 0 Å². The molecule has 3 aromatic rings. The first-order valence-electron chi connectivity index (χ1n) is 8.22. The van der Waals surface area contributed by atoms with Crippen molar-refractivity contribution in [3.8, 4) is 16.6 Å². The van der Waals surface area contributed by atoms with E-state index in [1.165, 1.54) is 0 Å². The van der Waals surface area contributed by atoms with Gasteiger partial charge in [0, 0.05) is 11.9 Å². The number of thiazole rings is 1. The van der Waals surface area contributed by atoms with E-state index in [1.807, 2.05) is 22.9 Å². The van der Waals surface area contributed by atoms with Gasteiger partial charge in [0.1, 0.15) is 0 Å². The zero-order chi connectivity index (χ0) is 18.4. The molecule has 0 unspecified atom stereocenters. The van der Waals surface area contributed by atoms with Crippen LogP contribution >= 0.6 is 38.6 Å². The number of nitriles is 1. The minimum Gasteiger partial charge on any atom is -0.257 e. The second-order valence-corrected chi connectivity index (χ2v) is 8.83. The molecule has 26 heavy (non-hydrogen) atoms. The van der Waals surface area contributed by atoms with E-state index in [0.717, 1.165) is 44.1 Å². The summed E-state index contributed by atoms with van der Waals surface area (Å²) >= 11 is 6.80. The molecule has 0 saturated carbocycles. The molecule has 0 aliphatic carbocycles. The Morgan fingerprint density at radius 2 is 2.04 bits per heavy atom. The fourth-order valence-electron chi connectivity index (χ4n) is 2.24. The van der Waals surface area contributed by atoms with Crippen LogP contribution in [0.15, 0.2) is 55.7 Å². The molecule has 1 aromatic carbocycles. The van der Waals surface area contributed by atoms with Gasteiger partial charge in [-0.2, -0.15) is 10.4 Å². The molecule has 132 valence electrons. The highest BCUT2D eigenvalue weighted by molar-refractivity contribution is 9.11. The molecule has 7 heteroatoms. The first-order valence-corrected chi connectivity index (χ1v) is 10.7. The molecule has 0 amide bonds. The van der Waals surface area contributed by atoms with E-state index in [2.05, 4.69) is 45.5 Å². The fourth-order valence-corrected chi connectivity index (χ4v) is 4.56. The second-order valence-electron chi connectivity index (χ2n) is 5.53. The Morgan fingerprint density at radius 3 is 2.69 bits per heavy atom. The predicted molar refractivity (Wildman–Crippen MR) is 113 cm³/mol. The molecule has 0 fully saturated rings. The molecule has 0 saturated heterocycles. The Hall–Kier alpha value is -2.01. The molecule has 3 rings (SSSR count). The van der Waals surface area contributed by atoms with E-state index in [9.17, 15) is 0 Å². The monoisotopic (exact) mass is 444 g/mol. The topological polar surface area (TPSA) is 53.4 Å². The van der Waals surface area contributed by atoms with Crippen LogP contribution < -0.4 is 4.80 Å². The van der Waals surface area contributed by atoms with Crippen molar-refractivity contribution in [2.24, 2.45) is 10.1 Å². The highest BCUT2D eigenvalue weighted by atomic mass is 79.9. The number of unbranched alkanes of at least 4 members (excludes halogenated alkanes) is 1. The van der Waals surface area contributed by atoms with Gasteiger partial charge in [-0.1, -0.05) is 25.5 Å². The third-order valence-electron chi connectivity index (χ3n) is 3.63. The van der Waals surface area contributed by atoms with Gasteiger partial charge in [-0.3, -0.25) is 4.99 Å². The smallest absolute Gasteiger partial charge is 0.206 e.